The second-order valence-corrected chi connectivity index (χ2v) is 5.76. The van der Waals surface area contributed by atoms with E-state index in [9.17, 15) is 0 Å². The molecule has 1 aliphatic rings. The van der Waals surface area contributed by atoms with E-state index < -0.39 is 5.54 Å². The van der Waals surface area contributed by atoms with Crippen LogP contribution in [0.5, 0.6) is 0 Å². The molecule has 5 nitrogen and oxygen atoms in total. The highest BCUT2D eigenvalue weighted by Gasteiger charge is 2.30. The van der Waals surface area contributed by atoms with Gasteiger partial charge in [0.1, 0.15) is 5.54 Å². The van der Waals surface area contributed by atoms with E-state index in [2.05, 4.69) is 17.1 Å². The van der Waals surface area contributed by atoms with Crippen molar-refractivity contribution in [1.29, 1.82) is 0 Å². The SMILES string of the molecule is COCC(C)(N)c1noc(C2CCC(C)CC2)n1. The number of rotatable bonds is 4. The summed E-state index contributed by atoms with van der Waals surface area (Å²) in [5.41, 5.74) is 5.42. The summed E-state index contributed by atoms with van der Waals surface area (Å²) < 4.78 is 10.5. The monoisotopic (exact) mass is 253 g/mol. The van der Waals surface area contributed by atoms with Gasteiger partial charge in [-0.2, -0.15) is 4.98 Å². The van der Waals surface area contributed by atoms with Gasteiger partial charge in [0, 0.05) is 13.0 Å². The van der Waals surface area contributed by atoms with Gasteiger partial charge in [-0.15, -0.1) is 0 Å². The molecule has 1 saturated carbocycles. The van der Waals surface area contributed by atoms with Crippen LogP contribution >= 0.6 is 0 Å². The topological polar surface area (TPSA) is 74.2 Å². The molecule has 1 atom stereocenters. The fourth-order valence-corrected chi connectivity index (χ4v) is 2.50. The van der Waals surface area contributed by atoms with Crippen molar-refractivity contribution in [3.05, 3.63) is 11.7 Å². The van der Waals surface area contributed by atoms with Crippen molar-refractivity contribution in [2.45, 2.75) is 51.0 Å². The van der Waals surface area contributed by atoms with Gasteiger partial charge in [-0.1, -0.05) is 12.1 Å². The standard InChI is InChI=1S/C13H23N3O2/c1-9-4-6-10(7-5-9)11-15-12(16-18-11)13(2,14)8-17-3/h9-10H,4-8,14H2,1-3H3. The smallest absolute Gasteiger partial charge is 0.229 e. The zero-order valence-corrected chi connectivity index (χ0v) is 11.5. The summed E-state index contributed by atoms with van der Waals surface area (Å²) in [4.78, 5) is 4.47. The normalized spacial score (nSPS) is 28.0. The first-order chi connectivity index (χ1) is 8.53. The van der Waals surface area contributed by atoms with Crippen molar-refractivity contribution in [2.24, 2.45) is 11.7 Å². The minimum atomic E-state index is -0.682. The zero-order valence-electron chi connectivity index (χ0n) is 11.5. The van der Waals surface area contributed by atoms with Crippen molar-refractivity contribution in [1.82, 2.24) is 10.1 Å². The maximum absolute atomic E-state index is 6.10. The van der Waals surface area contributed by atoms with Crippen LogP contribution in [0.15, 0.2) is 4.52 Å². The molecular formula is C13H23N3O2. The Morgan fingerprint density at radius 2 is 2.06 bits per heavy atom. The predicted octanol–water partition coefficient (Wildman–Crippen LogP) is 2.18. The van der Waals surface area contributed by atoms with Gasteiger partial charge in [-0.3, -0.25) is 0 Å². The highest BCUT2D eigenvalue weighted by molar-refractivity contribution is 5.04. The molecule has 0 bridgehead atoms. The lowest BCUT2D eigenvalue weighted by molar-refractivity contribution is 0.135. The molecule has 5 heteroatoms. The molecule has 1 aromatic heterocycles. The van der Waals surface area contributed by atoms with Crippen molar-refractivity contribution < 1.29 is 9.26 Å². The molecule has 0 spiro atoms. The van der Waals surface area contributed by atoms with E-state index in [1.54, 1.807) is 7.11 Å². The highest BCUT2D eigenvalue weighted by atomic mass is 16.5. The first-order valence-electron chi connectivity index (χ1n) is 6.65. The fraction of sp³-hybridized carbons (Fsp3) is 0.846. The Balaban J connectivity index is 2.06. The van der Waals surface area contributed by atoms with E-state index in [1.807, 2.05) is 6.92 Å². The summed E-state index contributed by atoms with van der Waals surface area (Å²) in [7, 11) is 1.62. The minimum absolute atomic E-state index is 0.383. The van der Waals surface area contributed by atoms with Crippen LogP contribution in [0.4, 0.5) is 0 Å². The summed E-state index contributed by atoms with van der Waals surface area (Å²) in [5.74, 6) is 2.50. The van der Waals surface area contributed by atoms with Crippen LogP contribution in [-0.2, 0) is 10.3 Å². The Bertz CT molecular complexity index is 381. The predicted molar refractivity (Wildman–Crippen MR) is 68.1 cm³/mol. The van der Waals surface area contributed by atoms with Gasteiger partial charge in [0.15, 0.2) is 5.82 Å². The third-order valence-electron chi connectivity index (χ3n) is 3.76. The Morgan fingerprint density at radius 1 is 1.39 bits per heavy atom. The van der Waals surface area contributed by atoms with Crippen LogP contribution in [0, 0.1) is 5.92 Å². The Kier molecular flexibility index (Phi) is 4.02. The minimum Gasteiger partial charge on any atom is -0.382 e. The summed E-state index contributed by atoms with van der Waals surface area (Å²) in [6.45, 7) is 4.53. The van der Waals surface area contributed by atoms with Crippen LogP contribution in [-0.4, -0.2) is 23.9 Å². The van der Waals surface area contributed by atoms with Crippen molar-refractivity contribution in [3.8, 4) is 0 Å². The molecule has 1 heterocycles. The number of methoxy groups -OCH3 is 1. The third kappa shape index (κ3) is 2.90. The van der Waals surface area contributed by atoms with Crippen LogP contribution < -0.4 is 5.73 Å². The molecule has 0 saturated heterocycles. The molecule has 2 rings (SSSR count). The second-order valence-electron chi connectivity index (χ2n) is 5.76. The molecule has 1 aliphatic carbocycles. The molecule has 18 heavy (non-hydrogen) atoms. The van der Waals surface area contributed by atoms with Gasteiger partial charge in [-0.25, -0.2) is 0 Å². The molecule has 1 unspecified atom stereocenters. The molecule has 1 aromatic rings. The van der Waals surface area contributed by atoms with Gasteiger partial charge in [0.25, 0.3) is 0 Å². The van der Waals surface area contributed by atoms with E-state index in [1.165, 1.54) is 12.8 Å². The third-order valence-corrected chi connectivity index (χ3v) is 3.76. The Morgan fingerprint density at radius 3 is 2.67 bits per heavy atom. The first kappa shape index (κ1) is 13.5. The van der Waals surface area contributed by atoms with Crippen LogP contribution in [0.25, 0.3) is 0 Å². The van der Waals surface area contributed by atoms with Crippen LogP contribution in [0.1, 0.15) is 57.2 Å². The number of nitrogens with two attached hydrogens (primary N) is 1. The summed E-state index contributed by atoms with van der Waals surface area (Å²) in [6.07, 6.45) is 4.74. The van der Waals surface area contributed by atoms with Gasteiger partial charge in [-0.05, 0) is 38.5 Å². The number of hydrogen-bond acceptors (Lipinski definition) is 5. The lowest BCUT2D eigenvalue weighted by Crippen LogP contribution is -2.39. The molecule has 102 valence electrons. The average molecular weight is 253 g/mol. The summed E-state index contributed by atoms with van der Waals surface area (Å²) >= 11 is 0. The zero-order chi connectivity index (χ0) is 13.2. The van der Waals surface area contributed by atoms with Crippen molar-refractivity contribution >= 4 is 0 Å². The van der Waals surface area contributed by atoms with Crippen LogP contribution in [0.2, 0.25) is 0 Å². The molecule has 0 radical (unpaired) electrons. The van der Waals surface area contributed by atoms with Gasteiger partial charge >= 0.3 is 0 Å². The van der Waals surface area contributed by atoms with Gasteiger partial charge in [0.05, 0.1) is 6.61 Å². The number of aromatic nitrogens is 2. The highest BCUT2D eigenvalue weighted by Crippen LogP contribution is 2.35. The largest absolute Gasteiger partial charge is 0.382 e. The van der Waals surface area contributed by atoms with E-state index in [-0.39, 0.29) is 0 Å². The molecule has 0 amide bonds. The number of ether oxygens (including phenoxy) is 1. The van der Waals surface area contributed by atoms with Gasteiger partial charge < -0.3 is 15.0 Å². The molecule has 2 N–H and O–H groups in total. The molecule has 0 aliphatic heterocycles. The van der Waals surface area contributed by atoms with Crippen LogP contribution in [0.3, 0.4) is 0 Å². The van der Waals surface area contributed by atoms with E-state index in [4.69, 9.17) is 15.0 Å². The van der Waals surface area contributed by atoms with Gasteiger partial charge in [0.2, 0.25) is 5.89 Å². The van der Waals surface area contributed by atoms with E-state index >= 15 is 0 Å². The van der Waals surface area contributed by atoms with E-state index in [0.717, 1.165) is 24.7 Å². The summed E-state index contributed by atoms with van der Waals surface area (Å²) in [5, 5.41) is 4.01. The molecule has 0 aromatic carbocycles. The lowest BCUT2D eigenvalue weighted by atomic mass is 9.83. The number of hydrogen-bond donors (Lipinski definition) is 1. The maximum atomic E-state index is 6.10. The number of nitrogens with zero attached hydrogens (tertiary/aromatic N) is 2. The van der Waals surface area contributed by atoms with Crippen molar-refractivity contribution in [2.75, 3.05) is 13.7 Å². The van der Waals surface area contributed by atoms with Crippen molar-refractivity contribution in [3.63, 3.8) is 0 Å². The Labute approximate surface area is 108 Å². The average Bonchev–Trinajstić information content (AvgIpc) is 2.80. The summed E-state index contributed by atoms with van der Waals surface area (Å²) in [6, 6.07) is 0. The first-order valence-corrected chi connectivity index (χ1v) is 6.65. The molecule has 1 fully saturated rings. The fourth-order valence-electron chi connectivity index (χ4n) is 2.50. The van der Waals surface area contributed by atoms with E-state index in [0.29, 0.717) is 18.3 Å². The lowest BCUT2D eigenvalue weighted by Gasteiger charge is -2.23. The Hall–Kier alpha value is -0.940. The maximum Gasteiger partial charge on any atom is 0.229 e. The quantitative estimate of drug-likeness (QED) is 0.890. The molecular weight excluding hydrogens is 230 g/mol. The second kappa shape index (κ2) is 5.36.